The number of rotatable bonds is 2. The lowest BCUT2D eigenvalue weighted by Crippen LogP contribution is -2.43. The first kappa shape index (κ1) is 11.5. The lowest BCUT2D eigenvalue weighted by atomic mass is 10.1. The van der Waals surface area contributed by atoms with Crippen molar-refractivity contribution < 1.29 is 14.7 Å². The number of carbonyl (C=O) groups is 2. The number of piperidine rings is 1. The first-order chi connectivity index (χ1) is 8.58. The molecule has 0 aromatic heterocycles. The molecule has 5 heteroatoms. The van der Waals surface area contributed by atoms with Crippen LogP contribution in [0.15, 0.2) is 24.3 Å². The van der Waals surface area contributed by atoms with Crippen molar-refractivity contribution in [2.45, 2.75) is 12.5 Å². The molecule has 1 heterocycles. The summed E-state index contributed by atoms with van der Waals surface area (Å²) in [6, 6.07) is 5.89. The minimum absolute atomic E-state index is 0.152. The Bertz CT molecular complexity index is 513. The quantitative estimate of drug-likeness (QED) is 0.888. The van der Waals surface area contributed by atoms with Gasteiger partial charge in [-0.05, 0) is 42.5 Å². The minimum Gasteiger partial charge on any atom is -0.480 e. The van der Waals surface area contributed by atoms with Gasteiger partial charge < -0.3 is 10.0 Å². The molecule has 1 aliphatic carbocycles. The van der Waals surface area contributed by atoms with Crippen molar-refractivity contribution in [3.63, 3.8) is 0 Å². The van der Waals surface area contributed by atoms with Crippen molar-refractivity contribution >= 4 is 23.5 Å². The number of likely N-dealkylation sites (tertiary alicyclic amines) is 1. The van der Waals surface area contributed by atoms with Gasteiger partial charge in [0.2, 0.25) is 0 Å². The monoisotopic (exact) mass is 265 g/mol. The van der Waals surface area contributed by atoms with E-state index in [1.165, 1.54) is 4.90 Å². The molecule has 2 aliphatic rings. The molecule has 0 bridgehead atoms. The summed E-state index contributed by atoms with van der Waals surface area (Å²) in [6.07, 6.45) is 0.932. The number of nitrogens with zero attached hydrogens (tertiary/aromatic N) is 1. The van der Waals surface area contributed by atoms with Crippen molar-refractivity contribution in [2.75, 3.05) is 6.54 Å². The summed E-state index contributed by atoms with van der Waals surface area (Å²) < 4.78 is 0. The second-order valence-corrected chi connectivity index (χ2v) is 5.34. The van der Waals surface area contributed by atoms with Crippen LogP contribution in [0.4, 0.5) is 0 Å². The number of hydrogen-bond donors (Lipinski definition) is 1. The predicted octanol–water partition coefficient (Wildman–Crippen LogP) is 1.89. The van der Waals surface area contributed by atoms with Crippen LogP contribution in [0.1, 0.15) is 16.8 Å². The van der Waals surface area contributed by atoms with Crippen LogP contribution in [0.3, 0.4) is 0 Å². The molecule has 1 N–H and O–H groups in total. The number of amides is 1. The summed E-state index contributed by atoms with van der Waals surface area (Å²) in [7, 11) is 0. The molecule has 0 spiro atoms. The van der Waals surface area contributed by atoms with E-state index in [0.29, 0.717) is 23.0 Å². The smallest absolute Gasteiger partial charge is 0.326 e. The van der Waals surface area contributed by atoms with Crippen LogP contribution in [0, 0.1) is 11.8 Å². The number of carbonyl (C=O) groups excluding carboxylic acids is 1. The molecular formula is C13H12ClNO3. The highest BCUT2D eigenvalue weighted by atomic mass is 35.5. The Morgan fingerprint density at radius 3 is 2.56 bits per heavy atom. The normalized spacial score (nSPS) is 28.9. The molecular weight excluding hydrogens is 254 g/mol. The highest BCUT2D eigenvalue weighted by molar-refractivity contribution is 6.30. The third-order valence-electron chi connectivity index (χ3n) is 3.75. The van der Waals surface area contributed by atoms with Crippen molar-refractivity contribution in [3.05, 3.63) is 34.9 Å². The van der Waals surface area contributed by atoms with Crippen LogP contribution < -0.4 is 0 Å². The molecule has 0 radical (unpaired) electrons. The first-order valence-corrected chi connectivity index (χ1v) is 6.25. The van der Waals surface area contributed by atoms with Crippen LogP contribution in [0.25, 0.3) is 0 Å². The van der Waals surface area contributed by atoms with Gasteiger partial charge in [-0.1, -0.05) is 11.6 Å². The number of halogens is 1. The maximum atomic E-state index is 12.3. The molecule has 18 heavy (non-hydrogen) atoms. The second kappa shape index (κ2) is 3.99. The Balaban J connectivity index is 1.84. The third-order valence-corrected chi connectivity index (χ3v) is 4.01. The summed E-state index contributed by atoms with van der Waals surface area (Å²) in [5, 5.41) is 9.77. The molecule has 1 aromatic rings. The number of benzene rings is 1. The Kier molecular flexibility index (Phi) is 2.55. The standard InChI is InChI=1S/C13H12ClNO3/c14-9-3-1-7(2-4-9)12(16)15-6-8-5-10(8)11(15)13(17)18/h1-4,8,10-11H,5-6H2,(H,17,18)/t8-,10-,11+/m0/s1. The zero-order chi connectivity index (χ0) is 12.9. The maximum Gasteiger partial charge on any atom is 0.326 e. The average Bonchev–Trinajstić information content (AvgIpc) is 2.99. The Labute approximate surface area is 109 Å². The van der Waals surface area contributed by atoms with Gasteiger partial charge in [-0.2, -0.15) is 0 Å². The van der Waals surface area contributed by atoms with Crippen LogP contribution >= 0.6 is 11.6 Å². The fourth-order valence-corrected chi connectivity index (χ4v) is 2.87. The van der Waals surface area contributed by atoms with E-state index in [1.807, 2.05) is 0 Å². The highest BCUT2D eigenvalue weighted by Crippen LogP contribution is 2.49. The number of carboxylic acids is 1. The predicted molar refractivity (Wildman–Crippen MR) is 65.5 cm³/mol. The highest BCUT2D eigenvalue weighted by Gasteiger charge is 2.57. The molecule has 1 aromatic carbocycles. The van der Waals surface area contributed by atoms with Gasteiger partial charge >= 0.3 is 5.97 Å². The van der Waals surface area contributed by atoms with Crippen molar-refractivity contribution in [2.24, 2.45) is 11.8 Å². The van der Waals surface area contributed by atoms with Gasteiger partial charge in [0.05, 0.1) is 0 Å². The number of carboxylic acid groups (broad SMARTS) is 1. The number of fused-ring (bicyclic) bond motifs is 1. The van der Waals surface area contributed by atoms with Crippen LogP contribution in [0.5, 0.6) is 0 Å². The molecule has 1 aliphatic heterocycles. The molecule has 4 nitrogen and oxygen atoms in total. The SMILES string of the molecule is O=C(O)[C@H]1[C@H]2C[C@H]2CN1C(=O)c1ccc(Cl)cc1. The van der Waals surface area contributed by atoms with Gasteiger partial charge in [0.15, 0.2) is 0 Å². The number of aliphatic carboxylic acids is 1. The van der Waals surface area contributed by atoms with E-state index in [1.54, 1.807) is 24.3 Å². The van der Waals surface area contributed by atoms with E-state index < -0.39 is 12.0 Å². The van der Waals surface area contributed by atoms with Gasteiger partial charge in [-0.15, -0.1) is 0 Å². The van der Waals surface area contributed by atoms with Gasteiger partial charge in [0.25, 0.3) is 5.91 Å². The second-order valence-electron chi connectivity index (χ2n) is 4.91. The molecule has 1 saturated heterocycles. The van der Waals surface area contributed by atoms with Crippen LogP contribution in [0.2, 0.25) is 5.02 Å². The average molecular weight is 266 g/mol. The largest absolute Gasteiger partial charge is 0.480 e. The summed E-state index contributed by atoms with van der Waals surface area (Å²) in [4.78, 5) is 25.0. The third kappa shape index (κ3) is 1.77. The summed E-state index contributed by atoms with van der Waals surface area (Å²) >= 11 is 5.77. The fourth-order valence-electron chi connectivity index (χ4n) is 2.75. The first-order valence-electron chi connectivity index (χ1n) is 5.87. The Hall–Kier alpha value is -1.55. The van der Waals surface area contributed by atoms with E-state index in [0.717, 1.165) is 6.42 Å². The van der Waals surface area contributed by atoms with Gasteiger partial charge in [-0.25, -0.2) is 4.79 Å². The van der Waals surface area contributed by atoms with Gasteiger partial charge in [0, 0.05) is 17.1 Å². The van der Waals surface area contributed by atoms with Crippen LogP contribution in [-0.2, 0) is 4.79 Å². The van der Waals surface area contributed by atoms with E-state index in [-0.39, 0.29) is 11.8 Å². The lowest BCUT2D eigenvalue weighted by Gasteiger charge is -2.24. The summed E-state index contributed by atoms with van der Waals surface area (Å²) in [6.45, 7) is 0.559. The van der Waals surface area contributed by atoms with Crippen molar-refractivity contribution in [3.8, 4) is 0 Å². The molecule has 94 valence electrons. The lowest BCUT2D eigenvalue weighted by molar-refractivity contribution is -0.142. The van der Waals surface area contributed by atoms with E-state index in [2.05, 4.69) is 0 Å². The molecule has 3 atom stereocenters. The molecule has 0 unspecified atom stereocenters. The molecule has 2 fully saturated rings. The van der Waals surface area contributed by atoms with Gasteiger partial charge in [0.1, 0.15) is 6.04 Å². The molecule has 1 amide bonds. The fraction of sp³-hybridized carbons (Fsp3) is 0.385. The van der Waals surface area contributed by atoms with E-state index in [4.69, 9.17) is 11.6 Å². The minimum atomic E-state index is -0.901. The zero-order valence-corrected chi connectivity index (χ0v) is 10.3. The molecule has 1 saturated carbocycles. The Morgan fingerprint density at radius 2 is 1.94 bits per heavy atom. The number of hydrogen-bond acceptors (Lipinski definition) is 2. The zero-order valence-electron chi connectivity index (χ0n) is 9.54. The van der Waals surface area contributed by atoms with E-state index in [9.17, 15) is 14.7 Å². The molecule has 3 rings (SSSR count). The van der Waals surface area contributed by atoms with E-state index >= 15 is 0 Å². The summed E-state index contributed by atoms with van der Waals surface area (Å²) in [5.41, 5.74) is 0.493. The topological polar surface area (TPSA) is 57.6 Å². The van der Waals surface area contributed by atoms with Crippen molar-refractivity contribution in [1.82, 2.24) is 4.90 Å². The summed E-state index contributed by atoms with van der Waals surface area (Å²) in [5.74, 6) is -0.588. The Morgan fingerprint density at radius 1 is 1.28 bits per heavy atom. The maximum absolute atomic E-state index is 12.3. The van der Waals surface area contributed by atoms with Gasteiger partial charge in [-0.3, -0.25) is 4.79 Å². The van der Waals surface area contributed by atoms with Crippen molar-refractivity contribution in [1.29, 1.82) is 0 Å². The van der Waals surface area contributed by atoms with Crippen LogP contribution in [-0.4, -0.2) is 34.5 Å².